The van der Waals surface area contributed by atoms with Crippen LogP contribution in [0.15, 0.2) is 28.2 Å². The Morgan fingerprint density at radius 2 is 2.39 bits per heavy atom. The maximum Gasteiger partial charge on any atom is 0.236 e. The Kier molecular flexibility index (Phi) is 4.18. The lowest BCUT2D eigenvalue weighted by Gasteiger charge is -2.35. The summed E-state index contributed by atoms with van der Waals surface area (Å²) in [6.07, 6.45) is 6.61. The predicted molar refractivity (Wildman–Crippen MR) is 89.3 cm³/mol. The fourth-order valence-corrected chi connectivity index (χ4v) is 4.36. The molecule has 23 heavy (non-hydrogen) atoms. The zero-order valence-electron chi connectivity index (χ0n) is 13.0. The van der Waals surface area contributed by atoms with Crippen molar-refractivity contribution in [1.29, 1.82) is 0 Å². The van der Waals surface area contributed by atoms with Gasteiger partial charge in [-0.3, -0.25) is 4.79 Å². The number of nitrogens with zero attached hydrogens (tertiary/aromatic N) is 2. The van der Waals surface area contributed by atoms with Gasteiger partial charge in [-0.1, -0.05) is 6.07 Å². The van der Waals surface area contributed by atoms with Crippen molar-refractivity contribution in [2.24, 2.45) is 0 Å². The summed E-state index contributed by atoms with van der Waals surface area (Å²) >= 11 is 1.58. The zero-order chi connectivity index (χ0) is 15.6. The number of aromatic nitrogens is 1. The predicted octanol–water partition coefficient (Wildman–Crippen LogP) is 2.69. The second kappa shape index (κ2) is 6.45. The number of hydrogen-bond acceptors (Lipinski definition) is 5. The van der Waals surface area contributed by atoms with Gasteiger partial charge in [-0.05, 0) is 43.7 Å². The Bertz CT molecular complexity index is 667. The van der Waals surface area contributed by atoms with Gasteiger partial charge in [0.05, 0.1) is 17.0 Å². The number of thiophene rings is 1. The van der Waals surface area contributed by atoms with Crippen molar-refractivity contribution in [2.45, 2.75) is 44.2 Å². The van der Waals surface area contributed by atoms with Gasteiger partial charge in [-0.2, -0.15) is 0 Å². The Morgan fingerprint density at radius 3 is 3.26 bits per heavy atom. The molecule has 2 fully saturated rings. The first-order valence-corrected chi connectivity index (χ1v) is 9.17. The van der Waals surface area contributed by atoms with Gasteiger partial charge in [-0.25, -0.2) is 4.98 Å². The molecule has 1 N–H and O–H groups in total. The molecule has 1 amide bonds. The second-order valence-electron chi connectivity index (χ2n) is 6.42. The number of carbonyl (C=O) groups excluding carboxylic acids is 1. The largest absolute Gasteiger partial charge is 0.444 e. The van der Waals surface area contributed by atoms with Crippen LogP contribution < -0.4 is 5.32 Å². The number of nitrogens with one attached hydrogen (secondary N) is 1. The third-order valence-corrected chi connectivity index (χ3v) is 5.67. The van der Waals surface area contributed by atoms with Crippen LogP contribution in [0.4, 0.5) is 0 Å². The number of amides is 1. The molecule has 4 heterocycles. The highest BCUT2D eigenvalue weighted by Gasteiger charge is 2.32. The molecule has 2 saturated heterocycles. The SMILES string of the molecule is O=C(Cc1coc(-c2cccs2)n1)NC1CCN2CCCC2C1. The van der Waals surface area contributed by atoms with Crippen LogP contribution in [0.3, 0.4) is 0 Å². The molecule has 5 nitrogen and oxygen atoms in total. The number of rotatable bonds is 4. The average Bonchev–Trinajstić information content (AvgIpc) is 3.27. The van der Waals surface area contributed by atoms with E-state index in [1.165, 1.54) is 19.4 Å². The van der Waals surface area contributed by atoms with Gasteiger partial charge >= 0.3 is 0 Å². The molecule has 0 radical (unpaired) electrons. The first-order chi connectivity index (χ1) is 11.3. The molecule has 2 aliphatic rings. The molecule has 6 heteroatoms. The summed E-state index contributed by atoms with van der Waals surface area (Å²) in [4.78, 5) is 20.2. The first kappa shape index (κ1) is 14.9. The Hall–Kier alpha value is -1.66. The van der Waals surface area contributed by atoms with E-state index >= 15 is 0 Å². The minimum absolute atomic E-state index is 0.0486. The lowest BCUT2D eigenvalue weighted by molar-refractivity contribution is -0.121. The van der Waals surface area contributed by atoms with Crippen LogP contribution in [0, 0.1) is 0 Å². The summed E-state index contributed by atoms with van der Waals surface area (Å²) in [5, 5.41) is 5.17. The van der Waals surface area contributed by atoms with E-state index in [-0.39, 0.29) is 5.91 Å². The van der Waals surface area contributed by atoms with E-state index in [0.29, 0.717) is 30.1 Å². The summed E-state index contributed by atoms with van der Waals surface area (Å²) in [7, 11) is 0. The van der Waals surface area contributed by atoms with Gasteiger partial charge in [-0.15, -0.1) is 11.3 Å². The number of piperidine rings is 1. The van der Waals surface area contributed by atoms with Crippen LogP contribution in [-0.4, -0.2) is 41.0 Å². The smallest absolute Gasteiger partial charge is 0.236 e. The van der Waals surface area contributed by atoms with E-state index in [2.05, 4.69) is 15.2 Å². The molecular weight excluding hydrogens is 310 g/mol. The average molecular weight is 331 g/mol. The highest BCUT2D eigenvalue weighted by Crippen LogP contribution is 2.27. The molecule has 2 aromatic heterocycles. The summed E-state index contributed by atoms with van der Waals surface area (Å²) in [5.74, 6) is 0.648. The van der Waals surface area contributed by atoms with Gasteiger partial charge in [0.25, 0.3) is 0 Å². The summed E-state index contributed by atoms with van der Waals surface area (Å²) in [6.45, 7) is 2.35. The monoisotopic (exact) mass is 331 g/mol. The standard InChI is InChI=1S/C17H21N3O2S/c21-16(18-12-5-7-20-6-1-3-14(20)9-12)10-13-11-22-17(19-13)15-4-2-8-23-15/h2,4,8,11-12,14H,1,3,5-7,9-10H2,(H,18,21). The van der Waals surface area contributed by atoms with Crippen LogP contribution in [0.5, 0.6) is 0 Å². The van der Waals surface area contributed by atoms with Crippen LogP contribution in [0.1, 0.15) is 31.4 Å². The molecule has 0 bridgehead atoms. The third kappa shape index (κ3) is 3.33. The molecule has 0 saturated carbocycles. The third-order valence-electron chi connectivity index (χ3n) is 4.81. The number of fused-ring (bicyclic) bond motifs is 1. The second-order valence-corrected chi connectivity index (χ2v) is 7.37. The fraction of sp³-hybridized carbons (Fsp3) is 0.529. The van der Waals surface area contributed by atoms with E-state index in [9.17, 15) is 4.79 Å². The highest BCUT2D eigenvalue weighted by molar-refractivity contribution is 7.13. The van der Waals surface area contributed by atoms with E-state index in [0.717, 1.165) is 24.3 Å². The molecule has 0 aromatic carbocycles. The maximum atomic E-state index is 12.3. The minimum atomic E-state index is 0.0486. The van der Waals surface area contributed by atoms with Crippen LogP contribution in [0.25, 0.3) is 10.8 Å². The lowest BCUT2D eigenvalue weighted by Crippen LogP contribution is -2.47. The molecule has 0 spiro atoms. The fourth-order valence-electron chi connectivity index (χ4n) is 3.70. The summed E-state index contributed by atoms with van der Waals surface area (Å²) in [5.41, 5.74) is 0.698. The van der Waals surface area contributed by atoms with E-state index in [4.69, 9.17) is 4.42 Å². The first-order valence-electron chi connectivity index (χ1n) is 8.29. The number of carbonyl (C=O) groups is 1. The van der Waals surface area contributed by atoms with Gasteiger partial charge in [0, 0.05) is 18.6 Å². The lowest BCUT2D eigenvalue weighted by atomic mass is 9.97. The minimum Gasteiger partial charge on any atom is -0.444 e. The van der Waals surface area contributed by atoms with Crippen molar-refractivity contribution in [3.63, 3.8) is 0 Å². The van der Waals surface area contributed by atoms with Gasteiger partial charge in [0.1, 0.15) is 6.26 Å². The molecule has 122 valence electrons. The zero-order valence-corrected chi connectivity index (χ0v) is 13.8. The number of hydrogen-bond donors (Lipinski definition) is 1. The van der Waals surface area contributed by atoms with Gasteiger partial charge in [0.15, 0.2) is 0 Å². The van der Waals surface area contributed by atoms with Gasteiger partial charge < -0.3 is 14.6 Å². The summed E-state index contributed by atoms with van der Waals surface area (Å²) < 4.78 is 5.47. The maximum absolute atomic E-state index is 12.3. The number of oxazole rings is 1. The Balaban J connectivity index is 1.32. The van der Waals surface area contributed by atoms with E-state index < -0.39 is 0 Å². The molecule has 2 aliphatic heterocycles. The Morgan fingerprint density at radius 1 is 1.43 bits per heavy atom. The van der Waals surface area contributed by atoms with Crippen LogP contribution in [0.2, 0.25) is 0 Å². The van der Waals surface area contributed by atoms with Crippen molar-refractivity contribution in [2.75, 3.05) is 13.1 Å². The van der Waals surface area contributed by atoms with Crippen molar-refractivity contribution in [3.8, 4) is 10.8 Å². The Labute approximate surface area is 139 Å². The molecule has 2 unspecified atom stereocenters. The quantitative estimate of drug-likeness (QED) is 0.936. The van der Waals surface area contributed by atoms with Crippen molar-refractivity contribution in [3.05, 3.63) is 29.5 Å². The molecule has 2 aromatic rings. The van der Waals surface area contributed by atoms with E-state index in [1.807, 2.05) is 17.5 Å². The van der Waals surface area contributed by atoms with Gasteiger partial charge in [0.2, 0.25) is 11.8 Å². The molecular formula is C17H21N3O2S. The van der Waals surface area contributed by atoms with Crippen molar-refractivity contribution >= 4 is 17.2 Å². The highest BCUT2D eigenvalue weighted by atomic mass is 32.1. The summed E-state index contributed by atoms with van der Waals surface area (Å²) in [6, 6.07) is 4.92. The molecule has 0 aliphatic carbocycles. The van der Waals surface area contributed by atoms with Crippen molar-refractivity contribution < 1.29 is 9.21 Å². The van der Waals surface area contributed by atoms with Crippen LogP contribution >= 0.6 is 11.3 Å². The van der Waals surface area contributed by atoms with E-state index in [1.54, 1.807) is 17.6 Å². The normalized spacial score (nSPS) is 24.5. The molecule has 2 atom stereocenters. The van der Waals surface area contributed by atoms with Crippen molar-refractivity contribution in [1.82, 2.24) is 15.2 Å². The van der Waals surface area contributed by atoms with Crippen LogP contribution in [-0.2, 0) is 11.2 Å². The topological polar surface area (TPSA) is 58.4 Å². The molecule has 4 rings (SSSR count).